The number of hydrogen-bond donors (Lipinski definition) is 0. The van der Waals surface area contributed by atoms with Crippen molar-refractivity contribution < 1.29 is 9.53 Å². The number of hydrogen-bond acceptors (Lipinski definition) is 3. The molecule has 0 bridgehead atoms. The van der Waals surface area contributed by atoms with Gasteiger partial charge in [0.25, 0.3) is 0 Å². The Morgan fingerprint density at radius 2 is 1.60 bits per heavy atom. The van der Waals surface area contributed by atoms with Gasteiger partial charge in [-0.05, 0) is 18.4 Å². The van der Waals surface area contributed by atoms with E-state index in [1.165, 1.54) is 7.11 Å². The summed E-state index contributed by atoms with van der Waals surface area (Å²) >= 11 is 0. The van der Waals surface area contributed by atoms with Crippen LogP contribution in [0.25, 0.3) is 0 Å². The maximum Gasteiger partial charge on any atom is 0.308 e. The van der Waals surface area contributed by atoms with Gasteiger partial charge in [0.05, 0.1) is 13.0 Å². The van der Waals surface area contributed by atoms with Crippen LogP contribution in [-0.4, -0.2) is 31.1 Å². The highest BCUT2D eigenvalue weighted by atomic mass is 16.5. The number of rotatable bonds is 4. The van der Waals surface area contributed by atoms with Crippen LogP contribution in [0.1, 0.15) is 40.5 Å². The van der Waals surface area contributed by atoms with Crippen molar-refractivity contribution in [3.05, 3.63) is 37.1 Å². The highest BCUT2D eigenvalue weighted by molar-refractivity contribution is 5.72. The number of piperidine rings is 1. The lowest BCUT2D eigenvalue weighted by Gasteiger charge is -2.33. The zero-order valence-corrected chi connectivity index (χ0v) is 13.9. The Morgan fingerprint density at radius 3 is 1.95 bits per heavy atom. The molecule has 3 heteroatoms. The normalized spacial score (nSPS) is 13.9. The lowest BCUT2D eigenvalue weighted by Crippen LogP contribution is -2.36. The van der Waals surface area contributed by atoms with E-state index in [0.29, 0.717) is 0 Å². The van der Waals surface area contributed by atoms with E-state index in [0.717, 1.165) is 37.2 Å². The summed E-state index contributed by atoms with van der Waals surface area (Å²) in [4.78, 5) is 13.5. The van der Waals surface area contributed by atoms with Crippen LogP contribution in [0.2, 0.25) is 0 Å². The number of likely N-dealkylation sites (tertiary alicyclic amines) is 1. The predicted molar refractivity (Wildman–Crippen MR) is 87.5 cm³/mol. The molecule has 1 saturated heterocycles. The molecule has 1 heterocycles. The van der Waals surface area contributed by atoms with Crippen molar-refractivity contribution in [2.24, 2.45) is 5.92 Å². The summed E-state index contributed by atoms with van der Waals surface area (Å²) in [5.74, 6) is -0.0705. The van der Waals surface area contributed by atoms with Gasteiger partial charge in [-0.3, -0.25) is 4.79 Å². The van der Waals surface area contributed by atoms with Gasteiger partial charge in [-0.25, -0.2) is 0 Å². The molecular formula is C17H31NO2. The Bertz CT molecular complexity index is 313. The number of allylic oxidation sites excluding steroid dienone is 1. The molecule has 0 unspecified atom stereocenters. The van der Waals surface area contributed by atoms with E-state index in [4.69, 9.17) is 4.74 Å². The molecule has 20 heavy (non-hydrogen) atoms. The van der Waals surface area contributed by atoms with Crippen molar-refractivity contribution in [3.63, 3.8) is 0 Å². The van der Waals surface area contributed by atoms with Crippen molar-refractivity contribution >= 4 is 5.97 Å². The summed E-state index contributed by atoms with van der Waals surface area (Å²) in [6, 6.07) is 0. The lowest BCUT2D eigenvalue weighted by molar-refractivity contribution is -0.146. The Balaban J connectivity index is 0. The highest BCUT2D eigenvalue weighted by Crippen LogP contribution is 2.23. The average molecular weight is 281 g/mol. The molecule has 0 radical (unpaired) electrons. The smallest absolute Gasteiger partial charge is 0.308 e. The molecule has 1 aliphatic heterocycles. The topological polar surface area (TPSA) is 29.5 Å². The van der Waals surface area contributed by atoms with E-state index in [2.05, 4.69) is 24.6 Å². The van der Waals surface area contributed by atoms with Gasteiger partial charge >= 0.3 is 5.97 Å². The van der Waals surface area contributed by atoms with E-state index in [1.54, 1.807) is 6.08 Å². The van der Waals surface area contributed by atoms with E-state index >= 15 is 0 Å². The van der Waals surface area contributed by atoms with Crippen LogP contribution in [0, 0.1) is 5.92 Å². The summed E-state index contributed by atoms with van der Waals surface area (Å²) < 4.78 is 4.74. The quantitative estimate of drug-likeness (QED) is 0.572. The third-order valence-electron chi connectivity index (χ3n) is 3.03. The van der Waals surface area contributed by atoms with Gasteiger partial charge in [0.1, 0.15) is 0 Å². The average Bonchev–Trinajstić information content (AvgIpc) is 2.56. The zero-order chi connectivity index (χ0) is 16.1. The van der Waals surface area contributed by atoms with E-state index in [1.807, 2.05) is 27.7 Å². The molecule has 0 aromatic rings. The minimum Gasteiger partial charge on any atom is -0.469 e. The van der Waals surface area contributed by atoms with Gasteiger partial charge in [-0.15, -0.1) is 0 Å². The van der Waals surface area contributed by atoms with Crippen molar-refractivity contribution in [2.75, 3.05) is 20.2 Å². The van der Waals surface area contributed by atoms with Crippen molar-refractivity contribution in [3.8, 4) is 0 Å². The van der Waals surface area contributed by atoms with E-state index < -0.39 is 0 Å². The second-order valence-electron chi connectivity index (χ2n) is 3.96. The lowest BCUT2D eigenvalue weighted by atomic mass is 9.96. The van der Waals surface area contributed by atoms with Crippen molar-refractivity contribution in [1.82, 2.24) is 4.90 Å². The monoisotopic (exact) mass is 281 g/mol. The first kappa shape index (κ1) is 20.8. The fourth-order valence-electron chi connectivity index (χ4n) is 1.87. The number of ether oxygens (including phenoxy) is 1. The fraction of sp³-hybridized carbons (Fsp3) is 0.588. The number of nitrogens with zero attached hydrogens (tertiary/aromatic N) is 1. The van der Waals surface area contributed by atoms with Crippen LogP contribution in [0.4, 0.5) is 0 Å². The second-order valence-corrected chi connectivity index (χ2v) is 3.96. The molecule has 0 saturated carbocycles. The third kappa shape index (κ3) is 6.60. The van der Waals surface area contributed by atoms with Gasteiger partial charge in [0.2, 0.25) is 0 Å². The van der Waals surface area contributed by atoms with E-state index in [-0.39, 0.29) is 11.9 Å². The molecule has 0 amide bonds. The Hall–Kier alpha value is -1.51. The molecule has 0 aliphatic carbocycles. The Kier molecular flexibility index (Phi) is 13.0. The minimum absolute atomic E-state index is 0.0334. The van der Waals surface area contributed by atoms with Crippen LogP contribution >= 0.6 is 0 Å². The molecule has 1 fully saturated rings. The van der Waals surface area contributed by atoms with Gasteiger partial charge in [0.15, 0.2) is 0 Å². The Morgan fingerprint density at radius 1 is 1.15 bits per heavy atom. The standard InChI is InChI=1S/C13H19NO2.2C2H6/c1-5-10(2)11(3)14-8-6-12(7-9-14)13(15)16-4;2*1-2/h5,12H,1-3,6-9H2,4H3;2*1-2H3. The first-order valence-corrected chi connectivity index (χ1v) is 7.43. The van der Waals surface area contributed by atoms with Crippen molar-refractivity contribution in [1.29, 1.82) is 0 Å². The van der Waals surface area contributed by atoms with Crippen LogP contribution in [0.5, 0.6) is 0 Å². The molecule has 1 aliphatic rings. The first-order valence-electron chi connectivity index (χ1n) is 7.43. The van der Waals surface area contributed by atoms with Gasteiger partial charge < -0.3 is 9.64 Å². The minimum atomic E-state index is -0.104. The molecule has 0 aromatic carbocycles. The van der Waals surface area contributed by atoms with Crippen LogP contribution in [0.15, 0.2) is 37.1 Å². The van der Waals surface area contributed by atoms with Gasteiger partial charge in [-0.1, -0.05) is 53.5 Å². The van der Waals surface area contributed by atoms with Crippen LogP contribution < -0.4 is 0 Å². The maximum absolute atomic E-state index is 11.3. The zero-order valence-electron chi connectivity index (χ0n) is 13.9. The summed E-state index contributed by atoms with van der Waals surface area (Å²) in [5, 5.41) is 0. The summed E-state index contributed by atoms with van der Waals surface area (Å²) in [7, 11) is 1.44. The second kappa shape index (κ2) is 12.5. The number of esters is 1. The number of carbonyl (C=O) groups is 1. The molecule has 3 nitrogen and oxygen atoms in total. The molecule has 0 atom stereocenters. The third-order valence-corrected chi connectivity index (χ3v) is 3.03. The first-order chi connectivity index (χ1) is 9.60. The molecule has 0 N–H and O–H groups in total. The van der Waals surface area contributed by atoms with Crippen LogP contribution in [0.3, 0.4) is 0 Å². The summed E-state index contributed by atoms with van der Waals surface area (Å²) in [6.45, 7) is 21.2. The predicted octanol–water partition coefficient (Wildman–Crippen LogP) is 4.18. The number of methoxy groups -OCH3 is 1. The Labute approximate surface area is 125 Å². The SMILES string of the molecule is C=CC(=C)C(=C)N1CCC(C(=O)OC)CC1.CC.CC. The van der Waals surface area contributed by atoms with E-state index in [9.17, 15) is 4.79 Å². The fourth-order valence-corrected chi connectivity index (χ4v) is 1.87. The molecule has 0 spiro atoms. The molecule has 0 aromatic heterocycles. The molecule has 1 rings (SSSR count). The summed E-state index contributed by atoms with van der Waals surface area (Å²) in [5.41, 5.74) is 1.75. The molecular weight excluding hydrogens is 250 g/mol. The number of carbonyl (C=O) groups excluding carboxylic acids is 1. The van der Waals surface area contributed by atoms with Crippen molar-refractivity contribution in [2.45, 2.75) is 40.5 Å². The largest absolute Gasteiger partial charge is 0.469 e. The molecule has 116 valence electrons. The van der Waals surface area contributed by atoms with Gasteiger partial charge in [-0.2, -0.15) is 0 Å². The highest BCUT2D eigenvalue weighted by Gasteiger charge is 2.26. The summed E-state index contributed by atoms with van der Waals surface area (Å²) in [6.07, 6.45) is 3.33. The van der Waals surface area contributed by atoms with Gasteiger partial charge in [0, 0.05) is 18.8 Å². The maximum atomic E-state index is 11.3. The van der Waals surface area contributed by atoms with Crippen LogP contribution in [-0.2, 0) is 9.53 Å².